The summed E-state index contributed by atoms with van der Waals surface area (Å²) in [6.45, 7) is 2.50. The van der Waals surface area contributed by atoms with Crippen molar-refractivity contribution >= 4 is 28.6 Å². The van der Waals surface area contributed by atoms with Crippen LogP contribution in [0.5, 0.6) is 0 Å². The molecule has 0 aromatic heterocycles. The highest BCUT2D eigenvalue weighted by Gasteiger charge is 2.06. The van der Waals surface area contributed by atoms with Gasteiger partial charge >= 0.3 is 5.97 Å². The highest BCUT2D eigenvalue weighted by Crippen LogP contribution is 2.12. The fraction of sp³-hybridized carbons (Fsp3) is 0.364. The highest BCUT2D eigenvalue weighted by molar-refractivity contribution is 14.1. The molecular formula is C11H13IO2. The maximum absolute atomic E-state index is 11.3. The Morgan fingerprint density at radius 3 is 2.79 bits per heavy atom. The van der Waals surface area contributed by atoms with Crippen molar-refractivity contribution in [2.45, 2.75) is 19.8 Å². The number of hydrogen-bond acceptors (Lipinski definition) is 2. The topological polar surface area (TPSA) is 26.3 Å². The fourth-order valence-corrected chi connectivity index (χ4v) is 1.64. The van der Waals surface area contributed by atoms with Crippen molar-refractivity contribution in [2.24, 2.45) is 0 Å². The molecule has 0 radical (unpaired) electrons. The molecule has 0 amide bonds. The smallest absolute Gasteiger partial charge is 0.310 e. The summed E-state index contributed by atoms with van der Waals surface area (Å²) in [4.78, 5) is 11.3. The van der Waals surface area contributed by atoms with E-state index in [0.717, 1.165) is 15.6 Å². The summed E-state index contributed by atoms with van der Waals surface area (Å²) in [5.74, 6) is -0.143. The number of benzene rings is 1. The van der Waals surface area contributed by atoms with Gasteiger partial charge in [-0.3, -0.25) is 4.79 Å². The zero-order valence-electron chi connectivity index (χ0n) is 8.13. The molecule has 1 aromatic carbocycles. The van der Waals surface area contributed by atoms with Crippen molar-refractivity contribution in [3.63, 3.8) is 0 Å². The molecule has 3 heteroatoms. The molecule has 1 rings (SSSR count). The predicted octanol–water partition coefficient (Wildman–Crippen LogP) is 2.79. The van der Waals surface area contributed by atoms with E-state index in [1.54, 1.807) is 0 Å². The van der Waals surface area contributed by atoms with Crippen LogP contribution in [0.15, 0.2) is 24.3 Å². The Kier molecular flexibility index (Phi) is 4.93. The average molecular weight is 304 g/mol. The molecular weight excluding hydrogens is 291 g/mol. The summed E-state index contributed by atoms with van der Waals surface area (Å²) in [6.07, 6.45) is 1.25. The number of halogens is 1. The minimum atomic E-state index is -0.143. The molecule has 2 nitrogen and oxygen atoms in total. The molecule has 14 heavy (non-hydrogen) atoms. The molecule has 0 fully saturated rings. The van der Waals surface area contributed by atoms with Gasteiger partial charge in [-0.2, -0.15) is 0 Å². The lowest BCUT2D eigenvalue weighted by atomic mass is 10.2. The second-order valence-corrected chi connectivity index (χ2v) is 4.15. The van der Waals surface area contributed by atoms with Crippen LogP contribution in [0.25, 0.3) is 0 Å². The lowest BCUT2D eigenvalue weighted by Crippen LogP contribution is -2.09. The van der Waals surface area contributed by atoms with E-state index >= 15 is 0 Å². The molecule has 0 aliphatic carbocycles. The van der Waals surface area contributed by atoms with Crippen LogP contribution in [0.4, 0.5) is 0 Å². The highest BCUT2D eigenvalue weighted by atomic mass is 127. The summed E-state index contributed by atoms with van der Waals surface area (Å²) < 4.78 is 6.12. The zero-order valence-corrected chi connectivity index (χ0v) is 10.3. The molecule has 0 heterocycles. The van der Waals surface area contributed by atoms with Crippen molar-refractivity contribution in [3.05, 3.63) is 33.4 Å². The quantitative estimate of drug-likeness (QED) is 0.631. The van der Waals surface area contributed by atoms with Crippen LogP contribution in [0.1, 0.15) is 18.9 Å². The Balaban J connectivity index is 2.52. The lowest BCUT2D eigenvalue weighted by molar-refractivity contribution is -0.142. The van der Waals surface area contributed by atoms with Crippen molar-refractivity contribution in [3.8, 4) is 0 Å². The first-order chi connectivity index (χ1) is 6.74. The number of hydrogen-bond donors (Lipinski definition) is 0. The standard InChI is InChI=1S/C11H13IO2/c1-2-7-14-11(13)8-9-5-3-4-6-10(9)12/h3-6H,2,7-8H2,1H3. The van der Waals surface area contributed by atoms with Gasteiger partial charge < -0.3 is 4.74 Å². The first-order valence-corrected chi connectivity index (χ1v) is 5.71. The predicted molar refractivity (Wildman–Crippen MR) is 64.1 cm³/mol. The molecule has 1 aromatic rings. The van der Waals surface area contributed by atoms with Gasteiger partial charge in [0.15, 0.2) is 0 Å². The summed E-state index contributed by atoms with van der Waals surface area (Å²) in [5.41, 5.74) is 1.04. The van der Waals surface area contributed by atoms with Crippen molar-refractivity contribution in [2.75, 3.05) is 6.61 Å². The Morgan fingerprint density at radius 1 is 1.43 bits per heavy atom. The molecule has 0 bridgehead atoms. The van der Waals surface area contributed by atoms with E-state index in [0.29, 0.717) is 13.0 Å². The summed E-state index contributed by atoms with van der Waals surface area (Å²) in [5, 5.41) is 0. The first kappa shape index (κ1) is 11.5. The van der Waals surface area contributed by atoms with Crippen LogP contribution < -0.4 is 0 Å². The normalized spacial score (nSPS) is 9.86. The Bertz CT molecular complexity index is 310. The molecule has 0 spiro atoms. The van der Waals surface area contributed by atoms with Gasteiger partial charge in [-0.05, 0) is 40.6 Å². The van der Waals surface area contributed by atoms with Crippen LogP contribution in [0.2, 0.25) is 0 Å². The van der Waals surface area contributed by atoms with Crippen molar-refractivity contribution < 1.29 is 9.53 Å². The maximum atomic E-state index is 11.3. The van der Waals surface area contributed by atoms with Crippen molar-refractivity contribution in [1.82, 2.24) is 0 Å². The van der Waals surface area contributed by atoms with Crippen LogP contribution in [-0.2, 0) is 16.0 Å². The van der Waals surface area contributed by atoms with Gasteiger partial charge in [-0.15, -0.1) is 0 Å². The minimum absolute atomic E-state index is 0.143. The largest absolute Gasteiger partial charge is 0.465 e. The van der Waals surface area contributed by atoms with Gasteiger partial charge in [0, 0.05) is 3.57 Å². The van der Waals surface area contributed by atoms with Gasteiger partial charge in [0.25, 0.3) is 0 Å². The Hall–Kier alpha value is -0.580. The summed E-state index contributed by atoms with van der Waals surface area (Å²) in [7, 11) is 0. The third-order valence-electron chi connectivity index (χ3n) is 1.76. The molecule has 0 N–H and O–H groups in total. The van der Waals surface area contributed by atoms with E-state index in [4.69, 9.17) is 4.74 Å². The van der Waals surface area contributed by atoms with E-state index in [-0.39, 0.29) is 5.97 Å². The zero-order chi connectivity index (χ0) is 10.4. The summed E-state index contributed by atoms with van der Waals surface area (Å²) in [6, 6.07) is 7.84. The van der Waals surface area contributed by atoms with Gasteiger partial charge in [-0.25, -0.2) is 0 Å². The molecule has 0 unspecified atom stereocenters. The fourth-order valence-electron chi connectivity index (χ4n) is 1.06. The number of carbonyl (C=O) groups excluding carboxylic acids is 1. The van der Waals surface area contributed by atoms with Crippen LogP contribution in [0.3, 0.4) is 0 Å². The van der Waals surface area contributed by atoms with E-state index in [2.05, 4.69) is 22.6 Å². The first-order valence-electron chi connectivity index (χ1n) is 4.63. The third kappa shape index (κ3) is 3.65. The van der Waals surface area contributed by atoms with Gasteiger partial charge in [-0.1, -0.05) is 25.1 Å². The Labute approximate surface area is 97.8 Å². The lowest BCUT2D eigenvalue weighted by Gasteiger charge is -2.04. The number of ether oxygens (including phenoxy) is 1. The van der Waals surface area contributed by atoms with E-state index in [9.17, 15) is 4.79 Å². The van der Waals surface area contributed by atoms with Gasteiger partial charge in [0.1, 0.15) is 0 Å². The van der Waals surface area contributed by atoms with Crippen LogP contribution >= 0.6 is 22.6 Å². The molecule has 0 aliphatic rings. The number of esters is 1. The van der Waals surface area contributed by atoms with Gasteiger partial charge in [0.2, 0.25) is 0 Å². The molecule has 0 atom stereocenters. The maximum Gasteiger partial charge on any atom is 0.310 e. The second-order valence-electron chi connectivity index (χ2n) is 2.99. The van der Waals surface area contributed by atoms with E-state index in [1.165, 1.54) is 0 Å². The second kappa shape index (κ2) is 6.01. The minimum Gasteiger partial charge on any atom is -0.465 e. The molecule has 0 saturated carbocycles. The Morgan fingerprint density at radius 2 is 2.14 bits per heavy atom. The van der Waals surface area contributed by atoms with Crippen LogP contribution in [0, 0.1) is 3.57 Å². The van der Waals surface area contributed by atoms with E-state index in [1.807, 2.05) is 31.2 Å². The van der Waals surface area contributed by atoms with Crippen molar-refractivity contribution in [1.29, 1.82) is 0 Å². The van der Waals surface area contributed by atoms with E-state index < -0.39 is 0 Å². The molecule has 0 saturated heterocycles. The molecule has 76 valence electrons. The monoisotopic (exact) mass is 304 g/mol. The average Bonchev–Trinajstić information content (AvgIpc) is 2.18. The summed E-state index contributed by atoms with van der Waals surface area (Å²) >= 11 is 2.22. The SMILES string of the molecule is CCCOC(=O)Cc1ccccc1I. The molecule has 0 aliphatic heterocycles. The third-order valence-corrected chi connectivity index (χ3v) is 2.81. The number of rotatable bonds is 4. The van der Waals surface area contributed by atoms with Crippen LogP contribution in [-0.4, -0.2) is 12.6 Å². The van der Waals surface area contributed by atoms with Gasteiger partial charge in [0.05, 0.1) is 13.0 Å². The number of carbonyl (C=O) groups is 1.